The monoisotopic (exact) mass is 266 g/mol. The molecule has 0 bridgehead atoms. The number of para-hydroxylation sites is 1. The Morgan fingerprint density at radius 2 is 2.00 bits per heavy atom. The van der Waals surface area contributed by atoms with Crippen molar-refractivity contribution in [3.05, 3.63) is 29.3 Å². The van der Waals surface area contributed by atoms with Gasteiger partial charge in [-0.3, -0.25) is 9.69 Å². The minimum atomic E-state index is -0.394. The average Bonchev–Trinajstić information content (AvgIpc) is 2.57. The van der Waals surface area contributed by atoms with Crippen LogP contribution in [0.25, 0.3) is 0 Å². The first-order chi connectivity index (χ1) is 8.68. The molecule has 1 aromatic carbocycles. The van der Waals surface area contributed by atoms with Crippen molar-refractivity contribution in [2.75, 3.05) is 11.9 Å². The Bertz CT molecular complexity index is 462. The number of urea groups is 1. The second kappa shape index (κ2) is 5.87. The summed E-state index contributed by atoms with van der Waals surface area (Å²) in [6.07, 6.45) is 3.15. The molecule has 1 fully saturated rings. The highest BCUT2D eigenvalue weighted by atomic mass is 35.5. The molecule has 1 aliphatic heterocycles. The zero-order valence-electron chi connectivity index (χ0n) is 9.99. The van der Waals surface area contributed by atoms with Gasteiger partial charge in [0, 0.05) is 13.0 Å². The largest absolute Gasteiger partial charge is 0.328 e. The maximum Gasteiger partial charge on any atom is 0.328 e. The van der Waals surface area contributed by atoms with Gasteiger partial charge in [0.1, 0.15) is 0 Å². The van der Waals surface area contributed by atoms with E-state index in [4.69, 9.17) is 11.6 Å². The van der Waals surface area contributed by atoms with E-state index in [0.29, 0.717) is 23.7 Å². The van der Waals surface area contributed by atoms with Gasteiger partial charge in [-0.1, -0.05) is 30.2 Å². The number of benzene rings is 1. The summed E-state index contributed by atoms with van der Waals surface area (Å²) >= 11 is 5.96. The minimum absolute atomic E-state index is 0.114. The summed E-state index contributed by atoms with van der Waals surface area (Å²) in [5.74, 6) is -0.114. The van der Waals surface area contributed by atoms with Crippen LogP contribution < -0.4 is 5.32 Å². The van der Waals surface area contributed by atoms with E-state index in [-0.39, 0.29) is 5.91 Å². The Morgan fingerprint density at radius 3 is 2.78 bits per heavy atom. The lowest BCUT2D eigenvalue weighted by Crippen LogP contribution is -2.39. The fourth-order valence-corrected chi connectivity index (χ4v) is 2.13. The van der Waals surface area contributed by atoms with Crippen molar-refractivity contribution in [2.45, 2.75) is 25.7 Å². The highest BCUT2D eigenvalue weighted by Crippen LogP contribution is 2.21. The topological polar surface area (TPSA) is 49.4 Å². The highest BCUT2D eigenvalue weighted by molar-refractivity contribution is 6.33. The molecule has 4 nitrogen and oxygen atoms in total. The number of hydrogen-bond donors (Lipinski definition) is 1. The molecule has 1 saturated heterocycles. The maximum atomic E-state index is 12.0. The molecule has 18 heavy (non-hydrogen) atoms. The zero-order chi connectivity index (χ0) is 13.0. The van der Waals surface area contributed by atoms with Gasteiger partial charge >= 0.3 is 6.03 Å². The summed E-state index contributed by atoms with van der Waals surface area (Å²) < 4.78 is 0. The number of anilines is 1. The van der Waals surface area contributed by atoms with Crippen molar-refractivity contribution >= 4 is 29.2 Å². The average molecular weight is 267 g/mol. The first kappa shape index (κ1) is 12.9. The van der Waals surface area contributed by atoms with E-state index in [9.17, 15) is 9.59 Å². The van der Waals surface area contributed by atoms with Crippen LogP contribution >= 0.6 is 11.6 Å². The third-order valence-corrected chi connectivity index (χ3v) is 3.26. The van der Waals surface area contributed by atoms with Crippen LogP contribution in [-0.2, 0) is 4.79 Å². The first-order valence-electron chi connectivity index (χ1n) is 6.04. The number of rotatable bonds is 1. The normalized spacial score (nSPS) is 16.3. The molecule has 0 spiro atoms. The van der Waals surface area contributed by atoms with Gasteiger partial charge in [-0.25, -0.2) is 4.79 Å². The first-order valence-corrected chi connectivity index (χ1v) is 6.42. The number of nitrogens with zero attached hydrogens (tertiary/aromatic N) is 1. The van der Waals surface area contributed by atoms with Crippen molar-refractivity contribution in [1.82, 2.24) is 4.90 Å². The summed E-state index contributed by atoms with van der Waals surface area (Å²) in [4.78, 5) is 25.1. The highest BCUT2D eigenvalue weighted by Gasteiger charge is 2.23. The molecular weight excluding hydrogens is 252 g/mol. The van der Waals surface area contributed by atoms with Crippen LogP contribution in [0, 0.1) is 0 Å². The van der Waals surface area contributed by atoms with Crippen molar-refractivity contribution < 1.29 is 9.59 Å². The Hall–Kier alpha value is -1.55. The number of amides is 3. The molecular formula is C13H15ClN2O2. The Labute approximate surface area is 111 Å². The van der Waals surface area contributed by atoms with Gasteiger partial charge in [0.2, 0.25) is 5.91 Å². The summed E-state index contributed by atoms with van der Waals surface area (Å²) in [5.41, 5.74) is 0.529. The molecule has 0 unspecified atom stereocenters. The lowest BCUT2D eigenvalue weighted by molar-refractivity contribution is -0.127. The molecule has 1 heterocycles. The van der Waals surface area contributed by atoms with Gasteiger partial charge in [-0.2, -0.15) is 0 Å². The molecule has 0 aliphatic carbocycles. The second-order valence-corrected chi connectivity index (χ2v) is 4.67. The summed E-state index contributed by atoms with van der Waals surface area (Å²) in [5, 5.41) is 3.14. The fourth-order valence-electron chi connectivity index (χ4n) is 1.94. The molecule has 1 aliphatic rings. The number of likely N-dealkylation sites (tertiary alicyclic amines) is 1. The van der Waals surface area contributed by atoms with Crippen LogP contribution in [0.5, 0.6) is 0 Å². The second-order valence-electron chi connectivity index (χ2n) is 4.27. The van der Waals surface area contributed by atoms with Crippen molar-refractivity contribution in [3.8, 4) is 0 Å². The number of carbonyl (C=O) groups is 2. The molecule has 0 atom stereocenters. The van der Waals surface area contributed by atoms with Crippen LogP contribution in [0.4, 0.5) is 10.5 Å². The number of carbonyl (C=O) groups excluding carboxylic acids is 2. The van der Waals surface area contributed by atoms with Gasteiger partial charge in [0.05, 0.1) is 10.7 Å². The van der Waals surface area contributed by atoms with Crippen LogP contribution in [0.3, 0.4) is 0 Å². The molecule has 2 rings (SSSR count). The van der Waals surface area contributed by atoms with Crippen molar-refractivity contribution in [2.24, 2.45) is 0 Å². The summed E-state index contributed by atoms with van der Waals surface area (Å²) in [7, 11) is 0. The third kappa shape index (κ3) is 3.01. The standard InChI is InChI=1S/C13H15ClN2O2/c14-10-6-3-4-7-11(10)15-13(18)16-9-5-1-2-8-12(16)17/h3-4,6-7H,1-2,5,8-9H2,(H,15,18). The molecule has 5 heteroatoms. The van der Waals surface area contributed by atoms with E-state index in [0.717, 1.165) is 19.3 Å². The number of imide groups is 1. The Kier molecular flexibility index (Phi) is 4.20. The van der Waals surface area contributed by atoms with Gasteiger partial charge < -0.3 is 5.32 Å². The van der Waals surface area contributed by atoms with E-state index < -0.39 is 6.03 Å². The zero-order valence-corrected chi connectivity index (χ0v) is 10.7. The smallest absolute Gasteiger partial charge is 0.306 e. The number of hydrogen-bond acceptors (Lipinski definition) is 2. The predicted octanol–water partition coefficient (Wildman–Crippen LogP) is 3.27. The summed E-state index contributed by atoms with van der Waals surface area (Å²) in [6, 6.07) is 6.58. The summed E-state index contributed by atoms with van der Waals surface area (Å²) in [6.45, 7) is 0.481. The van der Waals surface area contributed by atoms with Crippen LogP contribution in [-0.4, -0.2) is 23.4 Å². The van der Waals surface area contributed by atoms with Gasteiger partial charge in [0.25, 0.3) is 0 Å². The van der Waals surface area contributed by atoms with Crippen molar-refractivity contribution in [1.29, 1.82) is 0 Å². The Morgan fingerprint density at radius 1 is 1.22 bits per heavy atom. The van der Waals surface area contributed by atoms with E-state index in [2.05, 4.69) is 5.32 Å². The molecule has 1 aromatic rings. The van der Waals surface area contributed by atoms with E-state index in [1.165, 1.54) is 4.90 Å². The minimum Gasteiger partial charge on any atom is -0.306 e. The van der Waals surface area contributed by atoms with Crippen LogP contribution in [0.1, 0.15) is 25.7 Å². The lowest BCUT2D eigenvalue weighted by atomic mass is 10.2. The maximum absolute atomic E-state index is 12.0. The molecule has 0 radical (unpaired) electrons. The van der Waals surface area contributed by atoms with Gasteiger partial charge in [0.15, 0.2) is 0 Å². The third-order valence-electron chi connectivity index (χ3n) is 2.93. The van der Waals surface area contributed by atoms with E-state index in [1.807, 2.05) is 0 Å². The quantitative estimate of drug-likeness (QED) is 0.848. The Balaban J connectivity index is 2.07. The van der Waals surface area contributed by atoms with Crippen molar-refractivity contribution in [3.63, 3.8) is 0 Å². The lowest BCUT2D eigenvalue weighted by Gasteiger charge is -2.19. The molecule has 0 saturated carbocycles. The van der Waals surface area contributed by atoms with Crippen LogP contribution in [0.15, 0.2) is 24.3 Å². The van der Waals surface area contributed by atoms with Gasteiger partial charge in [-0.15, -0.1) is 0 Å². The predicted molar refractivity (Wildman–Crippen MR) is 70.7 cm³/mol. The molecule has 3 amide bonds. The molecule has 0 aromatic heterocycles. The molecule has 1 N–H and O–H groups in total. The number of nitrogens with one attached hydrogen (secondary N) is 1. The van der Waals surface area contributed by atoms with E-state index >= 15 is 0 Å². The van der Waals surface area contributed by atoms with Gasteiger partial charge in [-0.05, 0) is 25.0 Å². The number of halogens is 1. The van der Waals surface area contributed by atoms with E-state index in [1.54, 1.807) is 24.3 Å². The molecule has 96 valence electrons. The fraction of sp³-hybridized carbons (Fsp3) is 0.385. The van der Waals surface area contributed by atoms with Crippen LogP contribution in [0.2, 0.25) is 5.02 Å². The SMILES string of the molecule is O=C1CCCCCN1C(=O)Nc1ccccc1Cl.